The predicted molar refractivity (Wildman–Crippen MR) is 106 cm³/mol. The van der Waals surface area contributed by atoms with Gasteiger partial charge in [0.1, 0.15) is 18.5 Å². The Hall–Kier alpha value is -2.24. The maximum atomic E-state index is 12.0. The van der Waals surface area contributed by atoms with Crippen LogP contribution in [-0.2, 0) is 30.3 Å². The van der Waals surface area contributed by atoms with Gasteiger partial charge in [-0.3, -0.25) is 24.8 Å². The van der Waals surface area contributed by atoms with Crippen molar-refractivity contribution < 1.29 is 39.1 Å². The number of hydrogen-bond donors (Lipinski definition) is 3. The first-order valence-electron chi connectivity index (χ1n) is 9.82. The summed E-state index contributed by atoms with van der Waals surface area (Å²) in [5.41, 5.74) is 0.990. The second kappa shape index (κ2) is 14.7. The standard InChI is InChI=1S/C20H32N2O8/c1-15(2)21-13-18(30-20(24)5-4-12-29-22(25)26)14-28-17-9-6-16(7-10-17)8-11-19(23)27-3/h6-7,9-10,15,18,21,25-26H,4-5,8,11-14H2,1-3H3. The molecule has 30 heavy (non-hydrogen) atoms. The average Bonchev–Trinajstić information content (AvgIpc) is 2.71. The molecule has 0 radical (unpaired) electrons. The first-order chi connectivity index (χ1) is 14.3. The van der Waals surface area contributed by atoms with E-state index in [2.05, 4.69) is 14.9 Å². The number of nitrogens with one attached hydrogen (secondary N) is 1. The van der Waals surface area contributed by atoms with E-state index in [-0.39, 0.29) is 38.1 Å². The number of nitrogens with zero attached hydrogens (tertiary/aromatic N) is 1. The van der Waals surface area contributed by atoms with E-state index in [0.29, 0.717) is 25.1 Å². The van der Waals surface area contributed by atoms with Crippen LogP contribution in [0.4, 0.5) is 0 Å². The molecule has 0 saturated heterocycles. The van der Waals surface area contributed by atoms with Gasteiger partial charge in [-0.25, -0.2) is 0 Å². The van der Waals surface area contributed by atoms with E-state index in [0.717, 1.165) is 5.56 Å². The lowest BCUT2D eigenvalue weighted by Gasteiger charge is -2.20. The molecule has 1 unspecified atom stereocenters. The Balaban J connectivity index is 2.48. The average molecular weight is 428 g/mol. The first-order valence-corrected chi connectivity index (χ1v) is 9.82. The van der Waals surface area contributed by atoms with E-state index in [1.807, 2.05) is 26.0 Å². The molecule has 10 nitrogen and oxygen atoms in total. The summed E-state index contributed by atoms with van der Waals surface area (Å²) in [6.07, 6.45) is 0.747. The summed E-state index contributed by atoms with van der Waals surface area (Å²) in [5, 5.41) is 19.7. The van der Waals surface area contributed by atoms with Gasteiger partial charge in [-0.1, -0.05) is 26.0 Å². The molecule has 0 fully saturated rings. The van der Waals surface area contributed by atoms with Crippen molar-refractivity contribution in [2.45, 2.75) is 51.7 Å². The van der Waals surface area contributed by atoms with Crippen molar-refractivity contribution in [3.05, 3.63) is 29.8 Å². The minimum Gasteiger partial charge on any atom is -0.490 e. The Labute approximate surface area is 176 Å². The third-order valence-corrected chi connectivity index (χ3v) is 3.99. The van der Waals surface area contributed by atoms with E-state index >= 15 is 0 Å². The molecule has 0 aliphatic rings. The Morgan fingerprint density at radius 1 is 1.10 bits per heavy atom. The fourth-order valence-electron chi connectivity index (χ4n) is 2.40. The Morgan fingerprint density at radius 2 is 1.80 bits per heavy atom. The molecular formula is C20H32N2O8. The van der Waals surface area contributed by atoms with Gasteiger partial charge >= 0.3 is 11.9 Å². The molecule has 10 heteroatoms. The van der Waals surface area contributed by atoms with Crippen LogP contribution >= 0.6 is 0 Å². The molecule has 0 aliphatic heterocycles. The van der Waals surface area contributed by atoms with Crippen molar-refractivity contribution in [1.82, 2.24) is 10.7 Å². The molecule has 0 aliphatic carbocycles. The summed E-state index contributed by atoms with van der Waals surface area (Å²) in [4.78, 5) is 27.6. The highest BCUT2D eigenvalue weighted by molar-refractivity contribution is 5.69. The monoisotopic (exact) mass is 428 g/mol. The van der Waals surface area contributed by atoms with E-state index in [4.69, 9.17) is 19.9 Å². The van der Waals surface area contributed by atoms with Crippen LogP contribution in [0.2, 0.25) is 0 Å². The van der Waals surface area contributed by atoms with Gasteiger partial charge in [0.15, 0.2) is 0 Å². The highest BCUT2D eigenvalue weighted by Crippen LogP contribution is 2.14. The number of ether oxygens (including phenoxy) is 3. The zero-order chi connectivity index (χ0) is 22.4. The topological polar surface area (TPSA) is 127 Å². The molecule has 0 aromatic heterocycles. The first kappa shape index (κ1) is 25.8. The van der Waals surface area contributed by atoms with E-state index < -0.39 is 17.5 Å². The predicted octanol–water partition coefficient (Wildman–Crippen LogP) is 1.87. The van der Waals surface area contributed by atoms with Crippen LogP contribution in [0.25, 0.3) is 0 Å². The summed E-state index contributed by atoms with van der Waals surface area (Å²) >= 11 is 0. The molecule has 1 aromatic carbocycles. The molecule has 3 N–H and O–H groups in total. The van der Waals surface area contributed by atoms with Crippen molar-refractivity contribution in [3.63, 3.8) is 0 Å². The quantitative estimate of drug-likeness (QED) is 0.216. The van der Waals surface area contributed by atoms with Crippen molar-refractivity contribution >= 4 is 11.9 Å². The molecule has 0 bridgehead atoms. The molecule has 0 spiro atoms. The number of benzene rings is 1. The number of aryl methyl sites for hydroxylation is 1. The van der Waals surface area contributed by atoms with Crippen molar-refractivity contribution in [2.24, 2.45) is 0 Å². The van der Waals surface area contributed by atoms with Gasteiger partial charge in [-0.15, -0.1) is 0 Å². The lowest BCUT2D eigenvalue weighted by Crippen LogP contribution is -2.38. The van der Waals surface area contributed by atoms with Gasteiger partial charge in [0.05, 0.1) is 19.1 Å². The minimum atomic E-state index is -0.494. The summed E-state index contributed by atoms with van der Waals surface area (Å²) in [6.45, 7) is 4.54. The maximum absolute atomic E-state index is 12.0. The van der Waals surface area contributed by atoms with Gasteiger partial charge in [0, 0.05) is 25.4 Å². The number of rotatable bonds is 15. The third kappa shape index (κ3) is 12.3. The Morgan fingerprint density at radius 3 is 2.40 bits per heavy atom. The van der Waals surface area contributed by atoms with Gasteiger partial charge in [-0.2, -0.15) is 0 Å². The van der Waals surface area contributed by atoms with Crippen molar-refractivity contribution in [2.75, 3.05) is 26.9 Å². The summed E-state index contributed by atoms with van der Waals surface area (Å²) < 4.78 is 15.8. The number of carbonyl (C=O) groups is 2. The lowest BCUT2D eigenvalue weighted by atomic mass is 10.1. The van der Waals surface area contributed by atoms with Crippen molar-refractivity contribution in [1.29, 1.82) is 0 Å². The smallest absolute Gasteiger partial charge is 0.306 e. The van der Waals surface area contributed by atoms with E-state index in [1.165, 1.54) is 7.11 Å². The van der Waals surface area contributed by atoms with Gasteiger partial charge in [0.25, 0.3) is 0 Å². The van der Waals surface area contributed by atoms with Crippen LogP contribution in [0.5, 0.6) is 5.75 Å². The second-order valence-corrected chi connectivity index (χ2v) is 6.90. The molecule has 1 aromatic rings. The zero-order valence-corrected chi connectivity index (χ0v) is 17.7. The second-order valence-electron chi connectivity index (χ2n) is 6.90. The van der Waals surface area contributed by atoms with Crippen LogP contribution < -0.4 is 10.1 Å². The molecule has 170 valence electrons. The molecule has 0 saturated carbocycles. The van der Waals surface area contributed by atoms with E-state index in [1.54, 1.807) is 12.1 Å². The van der Waals surface area contributed by atoms with Crippen LogP contribution in [0, 0.1) is 0 Å². The van der Waals surface area contributed by atoms with Crippen molar-refractivity contribution in [3.8, 4) is 5.75 Å². The van der Waals surface area contributed by atoms with Crippen LogP contribution in [0.15, 0.2) is 24.3 Å². The van der Waals surface area contributed by atoms with Crippen LogP contribution in [0.3, 0.4) is 0 Å². The minimum absolute atomic E-state index is 0.0319. The summed E-state index contributed by atoms with van der Waals surface area (Å²) in [5.74, 6) is -0.0608. The van der Waals surface area contributed by atoms with E-state index in [9.17, 15) is 9.59 Å². The van der Waals surface area contributed by atoms with Gasteiger partial charge in [0.2, 0.25) is 0 Å². The normalized spacial score (nSPS) is 12.1. The number of carbonyl (C=O) groups excluding carboxylic acids is 2. The SMILES string of the molecule is COC(=O)CCc1ccc(OCC(CNC(C)C)OC(=O)CCCON(O)O)cc1. The molecule has 1 atom stereocenters. The lowest BCUT2D eigenvalue weighted by molar-refractivity contribution is -0.492. The summed E-state index contributed by atoms with van der Waals surface area (Å²) in [7, 11) is 1.36. The Bertz CT molecular complexity index is 622. The number of hydrogen-bond acceptors (Lipinski definition) is 10. The highest BCUT2D eigenvalue weighted by atomic mass is 17.1. The fourth-order valence-corrected chi connectivity index (χ4v) is 2.40. The van der Waals surface area contributed by atoms with Crippen LogP contribution in [0.1, 0.15) is 38.7 Å². The highest BCUT2D eigenvalue weighted by Gasteiger charge is 2.16. The maximum Gasteiger partial charge on any atom is 0.306 e. The number of esters is 2. The van der Waals surface area contributed by atoms with Gasteiger partial charge in [-0.05, 0) is 30.5 Å². The zero-order valence-electron chi connectivity index (χ0n) is 17.7. The molecular weight excluding hydrogens is 396 g/mol. The van der Waals surface area contributed by atoms with Crippen LogP contribution in [-0.4, -0.2) is 66.8 Å². The summed E-state index contributed by atoms with van der Waals surface area (Å²) in [6, 6.07) is 7.56. The number of methoxy groups -OCH3 is 1. The Kier molecular flexibility index (Phi) is 12.6. The van der Waals surface area contributed by atoms with Gasteiger partial charge < -0.3 is 19.5 Å². The third-order valence-electron chi connectivity index (χ3n) is 3.99. The molecule has 1 rings (SSSR count). The molecule has 0 heterocycles. The fraction of sp³-hybridized carbons (Fsp3) is 0.600. The molecule has 0 amide bonds. The largest absolute Gasteiger partial charge is 0.490 e.